The van der Waals surface area contributed by atoms with Crippen molar-refractivity contribution < 1.29 is 14.3 Å². The molecule has 0 atom stereocenters. The third-order valence-electron chi connectivity index (χ3n) is 4.53. The van der Waals surface area contributed by atoms with Crippen LogP contribution < -0.4 is 4.90 Å². The highest BCUT2D eigenvalue weighted by molar-refractivity contribution is 7.13. The molecule has 0 spiro atoms. The summed E-state index contributed by atoms with van der Waals surface area (Å²) in [7, 11) is 0. The van der Waals surface area contributed by atoms with E-state index in [0.717, 1.165) is 33.8 Å². The molecular weight excluding hydrogens is 360 g/mol. The van der Waals surface area contributed by atoms with Gasteiger partial charge in [0.2, 0.25) is 0 Å². The number of fused-ring (bicyclic) bond motifs is 1. The van der Waals surface area contributed by atoms with Gasteiger partial charge in [0.05, 0.1) is 0 Å². The number of thiazole rings is 1. The molecule has 2 aromatic carbocycles. The molecule has 1 aliphatic heterocycles. The predicted octanol–water partition coefficient (Wildman–Crippen LogP) is 3.86. The van der Waals surface area contributed by atoms with Crippen LogP contribution in [0.3, 0.4) is 0 Å². The molecule has 1 amide bonds. The van der Waals surface area contributed by atoms with Gasteiger partial charge in [-0.05, 0) is 25.0 Å². The van der Waals surface area contributed by atoms with E-state index in [0.29, 0.717) is 6.54 Å². The molecule has 136 valence electrons. The van der Waals surface area contributed by atoms with Crippen molar-refractivity contribution in [3.05, 3.63) is 70.7 Å². The summed E-state index contributed by atoms with van der Waals surface area (Å²) in [5.41, 5.74) is 4.38. The van der Waals surface area contributed by atoms with E-state index in [1.165, 1.54) is 11.3 Å². The molecule has 3 aromatic rings. The second-order valence-electron chi connectivity index (χ2n) is 6.40. The second kappa shape index (κ2) is 7.32. The van der Waals surface area contributed by atoms with Gasteiger partial charge < -0.3 is 9.64 Å². The van der Waals surface area contributed by atoms with Gasteiger partial charge in [-0.15, -0.1) is 11.3 Å². The van der Waals surface area contributed by atoms with E-state index >= 15 is 0 Å². The normalized spacial score (nSPS) is 12.7. The Morgan fingerprint density at radius 3 is 2.74 bits per heavy atom. The van der Waals surface area contributed by atoms with E-state index in [9.17, 15) is 9.59 Å². The smallest absolute Gasteiger partial charge is 0.358 e. The summed E-state index contributed by atoms with van der Waals surface area (Å²) in [6.07, 6.45) is 0.821. The predicted molar refractivity (Wildman–Crippen MR) is 105 cm³/mol. The number of hydrogen-bond acceptors (Lipinski definition) is 5. The van der Waals surface area contributed by atoms with E-state index in [-0.39, 0.29) is 18.2 Å². The van der Waals surface area contributed by atoms with Gasteiger partial charge in [0.15, 0.2) is 12.3 Å². The molecule has 0 radical (unpaired) electrons. The fraction of sp³-hybridized carbons (Fsp3) is 0.190. The molecule has 4 rings (SSSR count). The first-order valence-corrected chi connectivity index (χ1v) is 9.58. The van der Waals surface area contributed by atoms with Crippen LogP contribution in [-0.2, 0) is 16.0 Å². The van der Waals surface area contributed by atoms with E-state index in [4.69, 9.17) is 4.74 Å². The Labute approximate surface area is 161 Å². The quantitative estimate of drug-likeness (QED) is 0.647. The zero-order valence-corrected chi connectivity index (χ0v) is 15.7. The van der Waals surface area contributed by atoms with Crippen molar-refractivity contribution in [3.8, 4) is 10.6 Å². The number of aryl methyl sites for hydroxylation is 1. The van der Waals surface area contributed by atoms with Gasteiger partial charge in [-0.25, -0.2) is 9.78 Å². The van der Waals surface area contributed by atoms with Crippen LogP contribution >= 0.6 is 11.3 Å². The van der Waals surface area contributed by atoms with Crippen molar-refractivity contribution in [1.29, 1.82) is 0 Å². The fourth-order valence-electron chi connectivity index (χ4n) is 3.07. The molecule has 6 heteroatoms. The number of para-hydroxylation sites is 1. The number of hydrogen-bond donors (Lipinski definition) is 0. The molecule has 0 saturated heterocycles. The van der Waals surface area contributed by atoms with Gasteiger partial charge in [0.1, 0.15) is 5.01 Å². The average molecular weight is 378 g/mol. The lowest BCUT2D eigenvalue weighted by molar-refractivity contribution is -0.121. The van der Waals surface area contributed by atoms with Crippen molar-refractivity contribution >= 4 is 28.9 Å². The molecular formula is C21H18N2O3S. The first kappa shape index (κ1) is 17.4. The monoisotopic (exact) mass is 378 g/mol. The van der Waals surface area contributed by atoms with Gasteiger partial charge in [0.25, 0.3) is 5.91 Å². The average Bonchev–Trinajstić information content (AvgIpc) is 3.34. The van der Waals surface area contributed by atoms with Crippen LogP contribution in [0.25, 0.3) is 10.6 Å². The number of benzene rings is 2. The number of carbonyl (C=O) groups excluding carboxylic acids is 2. The second-order valence-corrected chi connectivity index (χ2v) is 7.26. The molecule has 5 nitrogen and oxygen atoms in total. The molecule has 0 N–H and O–H groups in total. The van der Waals surface area contributed by atoms with Gasteiger partial charge in [-0.1, -0.05) is 48.0 Å². The summed E-state index contributed by atoms with van der Waals surface area (Å²) < 4.78 is 5.20. The van der Waals surface area contributed by atoms with E-state index < -0.39 is 5.97 Å². The maximum atomic E-state index is 12.4. The van der Waals surface area contributed by atoms with Gasteiger partial charge >= 0.3 is 5.97 Å². The number of anilines is 1. The highest BCUT2D eigenvalue weighted by Gasteiger charge is 2.25. The number of nitrogens with zero attached hydrogens (tertiary/aromatic N) is 2. The Hall–Kier alpha value is -2.99. The zero-order chi connectivity index (χ0) is 18.8. The van der Waals surface area contributed by atoms with Crippen LogP contribution in [0.5, 0.6) is 0 Å². The summed E-state index contributed by atoms with van der Waals surface area (Å²) in [5.74, 6) is -0.798. The number of rotatable bonds is 4. The van der Waals surface area contributed by atoms with Crippen LogP contribution in [0.2, 0.25) is 0 Å². The Kier molecular flexibility index (Phi) is 4.73. The summed E-state index contributed by atoms with van der Waals surface area (Å²) >= 11 is 1.38. The lowest BCUT2D eigenvalue weighted by atomic mass is 10.2. The summed E-state index contributed by atoms with van der Waals surface area (Å²) in [6.45, 7) is 2.35. The van der Waals surface area contributed by atoms with Crippen molar-refractivity contribution in [2.24, 2.45) is 0 Å². The van der Waals surface area contributed by atoms with E-state index in [1.54, 1.807) is 10.3 Å². The molecule has 0 fully saturated rings. The number of ether oxygens (including phenoxy) is 1. The standard InChI is InChI=1S/C21H18N2O3S/c1-14-6-8-16(9-7-14)20-22-17(13-27-20)21(25)26-12-19(24)23-11-10-15-4-2-3-5-18(15)23/h2-9,13H,10-12H2,1H3. The molecule has 2 heterocycles. The fourth-order valence-corrected chi connectivity index (χ4v) is 3.87. The highest BCUT2D eigenvalue weighted by atomic mass is 32.1. The molecule has 27 heavy (non-hydrogen) atoms. The van der Waals surface area contributed by atoms with Gasteiger partial charge in [0, 0.05) is 23.2 Å². The van der Waals surface area contributed by atoms with Crippen molar-refractivity contribution in [2.75, 3.05) is 18.1 Å². The molecule has 1 aromatic heterocycles. The molecule has 0 aliphatic carbocycles. The Balaban J connectivity index is 1.39. The van der Waals surface area contributed by atoms with E-state index in [2.05, 4.69) is 4.98 Å². The largest absolute Gasteiger partial charge is 0.451 e. The number of aromatic nitrogens is 1. The first-order chi connectivity index (χ1) is 13.1. The molecule has 1 aliphatic rings. The summed E-state index contributed by atoms with van der Waals surface area (Å²) in [4.78, 5) is 30.7. The lowest BCUT2D eigenvalue weighted by Crippen LogP contribution is -2.33. The Bertz CT molecular complexity index is 995. The highest BCUT2D eigenvalue weighted by Crippen LogP contribution is 2.27. The van der Waals surface area contributed by atoms with Crippen LogP contribution in [0.1, 0.15) is 21.6 Å². The van der Waals surface area contributed by atoms with Crippen molar-refractivity contribution in [2.45, 2.75) is 13.3 Å². The van der Waals surface area contributed by atoms with E-state index in [1.807, 2.05) is 55.5 Å². The van der Waals surface area contributed by atoms with Gasteiger partial charge in [-0.2, -0.15) is 0 Å². The third-order valence-corrected chi connectivity index (χ3v) is 5.42. The lowest BCUT2D eigenvalue weighted by Gasteiger charge is -2.16. The number of esters is 1. The summed E-state index contributed by atoms with van der Waals surface area (Å²) in [5, 5.41) is 2.41. The van der Waals surface area contributed by atoms with Crippen LogP contribution in [-0.4, -0.2) is 30.0 Å². The van der Waals surface area contributed by atoms with Crippen molar-refractivity contribution in [3.63, 3.8) is 0 Å². The maximum absolute atomic E-state index is 12.4. The minimum Gasteiger partial charge on any atom is -0.451 e. The van der Waals surface area contributed by atoms with Crippen molar-refractivity contribution in [1.82, 2.24) is 4.98 Å². The first-order valence-electron chi connectivity index (χ1n) is 8.70. The number of amides is 1. The molecule has 0 bridgehead atoms. The maximum Gasteiger partial charge on any atom is 0.358 e. The third kappa shape index (κ3) is 3.61. The number of carbonyl (C=O) groups is 2. The topological polar surface area (TPSA) is 59.5 Å². The van der Waals surface area contributed by atoms with Crippen LogP contribution in [0, 0.1) is 6.92 Å². The Morgan fingerprint density at radius 2 is 1.93 bits per heavy atom. The molecule has 0 unspecified atom stereocenters. The van der Waals surface area contributed by atoms with Crippen LogP contribution in [0.15, 0.2) is 53.9 Å². The molecule has 0 saturated carbocycles. The zero-order valence-electron chi connectivity index (χ0n) is 14.8. The SMILES string of the molecule is Cc1ccc(-c2nc(C(=O)OCC(=O)N3CCc4ccccc43)cs2)cc1. The minimum atomic E-state index is -0.578. The van der Waals surface area contributed by atoms with Crippen LogP contribution in [0.4, 0.5) is 5.69 Å². The van der Waals surface area contributed by atoms with Gasteiger partial charge in [-0.3, -0.25) is 4.79 Å². The Morgan fingerprint density at radius 1 is 1.15 bits per heavy atom. The summed E-state index contributed by atoms with van der Waals surface area (Å²) in [6, 6.07) is 15.7. The minimum absolute atomic E-state index is 0.220.